The van der Waals surface area contributed by atoms with Gasteiger partial charge in [-0.1, -0.05) is 12.1 Å². The number of hydrogen-bond acceptors (Lipinski definition) is 7. The van der Waals surface area contributed by atoms with Crippen LogP contribution in [0.5, 0.6) is 0 Å². The van der Waals surface area contributed by atoms with E-state index in [4.69, 9.17) is 9.47 Å². The first-order valence-electron chi connectivity index (χ1n) is 11.7. The molecule has 2 heterocycles. The largest absolute Gasteiger partial charge is 0.469 e. The number of morpholine rings is 1. The van der Waals surface area contributed by atoms with Crippen molar-refractivity contribution >= 4 is 7.82 Å². The predicted molar refractivity (Wildman–Crippen MR) is 124 cm³/mol. The zero-order valence-corrected chi connectivity index (χ0v) is 21.6. The van der Waals surface area contributed by atoms with Gasteiger partial charge in [-0.2, -0.15) is 31.4 Å². The molecule has 0 saturated carbocycles. The molecule has 41 heavy (non-hydrogen) atoms. The molecule has 3 N–H and O–H groups in total. The van der Waals surface area contributed by atoms with Gasteiger partial charge in [0.25, 0.3) is 0 Å². The number of rotatable bonds is 9. The Kier molecular flexibility index (Phi) is 8.90. The smallest absolute Gasteiger partial charge is 0.375 e. The summed E-state index contributed by atoms with van der Waals surface area (Å²) in [6.45, 7) is -1.43. The van der Waals surface area contributed by atoms with Gasteiger partial charge in [0.05, 0.1) is 37.5 Å². The van der Waals surface area contributed by atoms with Crippen LogP contribution in [0.3, 0.4) is 0 Å². The number of nitrogens with zero attached hydrogens (tertiary/aromatic N) is 3. The Morgan fingerprint density at radius 2 is 1.71 bits per heavy atom. The van der Waals surface area contributed by atoms with Crippen molar-refractivity contribution in [1.29, 1.82) is 0 Å². The van der Waals surface area contributed by atoms with Gasteiger partial charge in [0.1, 0.15) is 18.2 Å². The number of halogens is 7. The third-order valence-electron chi connectivity index (χ3n) is 6.12. The minimum absolute atomic E-state index is 0.0767. The third-order valence-corrected chi connectivity index (χ3v) is 6.61. The van der Waals surface area contributed by atoms with Gasteiger partial charge in [0.15, 0.2) is 11.5 Å². The number of alkyl halides is 6. The maximum atomic E-state index is 13.8. The number of aromatic nitrogens is 3. The molecule has 1 aromatic heterocycles. The number of benzene rings is 2. The Morgan fingerprint density at radius 1 is 1.07 bits per heavy atom. The Labute approximate surface area is 227 Å². The predicted octanol–water partition coefficient (Wildman–Crippen LogP) is 4.53. The van der Waals surface area contributed by atoms with E-state index in [2.05, 4.69) is 19.7 Å². The van der Waals surface area contributed by atoms with E-state index in [9.17, 15) is 45.1 Å². The fraction of sp³-hybridized carbons (Fsp3) is 0.391. The average Bonchev–Trinajstić information content (AvgIpc) is 3.39. The lowest BCUT2D eigenvalue weighted by Gasteiger charge is -2.48. The van der Waals surface area contributed by atoms with E-state index in [1.807, 2.05) is 0 Å². The summed E-state index contributed by atoms with van der Waals surface area (Å²) in [4.78, 5) is 24.2. The van der Waals surface area contributed by atoms with Crippen molar-refractivity contribution in [2.45, 2.75) is 30.7 Å². The molecule has 224 valence electrons. The van der Waals surface area contributed by atoms with E-state index in [1.54, 1.807) is 4.90 Å². The van der Waals surface area contributed by atoms with Crippen LogP contribution in [0.25, 0.3) is 0 Å². The highest BCUT2D eigenvalue weighted by Crippen LogP contribution is 2.44. The molecule has 1 aliphatic heterocycles. The van der Waals surface area contributed by atoms with Crippen LogP contribution in [0, 0.1) is 5.82 Å². The normalized spacial score (nSPS) is 19.8. The number of nitrogens with one attached hydrogen (secondary N) is 1. The molecule has 0 aliphatic carbocycles. The summed E-state index contributed by atoms with van der Waals surface area (Å²) < 4.78 is 124. The van der Waals surface area contributed by atoms with E-state index in [-0.39, 0.29) is 43.8 Å². The van der Waals surface area contributed by atoms with Crippen LogP contribution in [0.4, 0.5) is 30.7 Å². The van der Waals surface area contributed by atoms with Gasteiger partial charge < -0.3 is 19.3 Å². The number of hydrogen-bond donors (Lipinski definition) is 3. The van der Waals surface area contributed by atoms with Crippen molar-refractivity contribution in [2.24, 2.45) is 0 Å². The molecule has 4 rings (SSSR count). The van der Waals surface area contributed by atoms with Crippen LogP contribution in [0.1, 0.15) is 34.2 Å². The van der Waals surface area contributed by atoms with Gasteiger partial charge in [0, 0.05) is 12.1 Å². The zero-order chi connectivity index (χ0) is 30.1. The molecular weight excluding hydrogens is 592 g/mol. The summed E-state index contributed by atoms with van der Waals surface area (Å²) in [7, 11) is -5.29. The molecule has 3 aromatic rings. The Balaban J connectivity index is 1.88. The average molecular weight is 614 g/mol. The van der Waals surface area contributed by atoms with Gasteiger partial charge in [-0.25, -0.2) is 13.9 Å². The van der Waals surface area contributed by atoms with E-state index in [0.717, 1.165) is 12.1 Å². The lowest BCUT2D eigenvalue weighted by atomic mass is 9.97. The summed E-state index contributed by atoms with van der Waals surface area (Å²) in [5.74, 6) is -0.432. The highest BCUT2D eigenvalue weighted by molar-refractivity contribution is 7.46. The minimum Gasteiger partial charge on any atom is -0.375 e. The van der Waals surface area contributed by atoms with Crippen LogP contribution < -0.4 is 0 Å². The van der Waals surface area contributed by atoms with Crippen LogP contribution in [0.2, 0.25) is 0 Å². The van der Waals surface area contributed by atoms with Gasteiger partial charge >= 0.3 is 20.2 Å². The monoisotopic (exact) mass is 614 g/mol. The second-order valence-electron chi connectivity index (χ2n) is 8.91. The third kappa shape index (κ3) is 7.68. The number of H-pyrrole nitrogens is 1. The SMILES string of the molecule is O=P(O)(O)OC[C@@H](O[C@@]1(c2ccc(F)cc2)COCCN1Cc1nc[nH]n1)c1cc(C(F)(F)F)cc(C(F)(F)F)c1. The van der Waals surface area contributed by atoms with E-state index in [1.165, 1.54) is 18.5 Å². The van der Waals surface area contributed by atoms with Crippen molar-refractivity contribution in [3.05, 3.63) is 82.7 Å². The fourth-order valence-electron chi connectivity index (χ4n) is 4.26. The molecule has 2 aromatic carbocycles. The van der Waals surface area contributed by atoms with Crippen molar-refractivity contribution in [3.63, 3.8) is 0 Å². The molecule has 1 aliphatic rings. The Morgan fingerprint density at radius 3 is 2.24 bits per heavy atom. The summed E-state index contributed by atoms with van der Waals surface area (Å²) in [5, 5.41) is 6.46. The maximum Gasteiger partial charge on any atom is 0.469 e. The number of phosphoric acid groups is 1. The van der Waals surface area contributed by atoms with Gasteiger partial charge in [0.2, 0.25) is 0 Å². The summed E-state index contributed by atoms with van der Waals surface area (Å²) in [5.41, 5.74) is -5.79. The first kappa shape index (κ1) is 31.0. The van der Waals surface area contributed by atoms with E-state index >= 15 is 0 Å². The van der Waals surface area contributed by atoms with E-state index < -0.39 is 61.1 Å². The molecule has 1 fully saturated rings. The molecule has 0 amide bonds. The molecule has 1 saturated heterocycles. The zero-order valence-electron chi connectivity index (χ0n) is 20.7. The second-order valence-corrected chi connectivity index (χ2v) is 10.2. The molecule has 0 spiro atoms. The first-order valence-corrected chi connectivity index (χ1v) is 13.2. The van der Waals surface area contributed by atoms with Crippen LogP contribution in [-0.4, -0.2) is 56.2 Å². The number of phosphoric ester groups is 1. The molecule has 18 heteroatoms. The van der Waals surface area contributed by atoms with Gasteiger partial charge in [-0.15, -0.1) is 0 Å². The molecular formula is C23H22F7N4O6P. The summed E-state index contributed by atoms with van der Waals surface area (Å²) in [6, 6.07) is 5.27. The Bertz CT molecular complexity index is 1340. The summed E-state index contributed by atoms with van der Waals surface area (Å²) >= 11 is 0. The van der Waals surface area contributed by atoms with Crippen molar-refractivity contribution < 1.29 is 59.1 Å². The van der Waals surface area contributed by atoms with Crippen LogP contribution >= 0.6 is 7.82 Å². The standard InChI is InChI=1S/C23H22F7N4O6P/c24-18-3-1-15(2-4-18)21(12-38-6-5-34(21)10-20-31-13-32-33-20)40-19(11-39-41(35,36)37)14-7-16(22(25,26)27)9-17(8-14)23(28,29)30/h1-4,7-9,13,19H,5-6,10-12H2,(H,31,32,33)(H2,35,36,37)/t19-,21-/m1/s1. The number of ether oxygens (including phenoxy) is 2. The van der Waals surface area contributed by atoms with Crippen molar-refractivity contribution in [3.8, 4) is 0 Å². The number of aromatic amines is 1. The lowest BCUT2D eigenvalue weighted by Crippen LogP contribution is -2.56. The minimum atomic E-state index is -5.29. The quantitative estimate of drug-likeness (QED) is 0.235. The van der Waals surface area contributed by atoms with E-state index in [0.29, 0.717) is 12.1 Å². The topological polar surface area (TPSA) is 130 Å². The second kappa shape index (κ2) is 11.8. The molecule has 10 nitrogen and oxygen atoms in total. The maximum absolute atomic E-state index is 13.8. The first-order chi connectivity index (χ1) is 19.1. The van der Waals surface area contributed by atoms with Crippen molar-refractivity contribution in [1.82, 2.24) is 20.1 Å². The Hall–Kier alpha value is -2.92. The van der Waals surface area contributed by atoms with Crippen molar-refractivity contribution in [2.75, 3.05) is 26.4 Å². The van der Waals surface area contributed by atoms with Crippen LogP contribution in [-0.2, 0) is 43.2 Å². The van der Waals surface area contributed by atoms with Gasteiger partial charge in [-0.3, -0.25) is 14.5 Å². The van der Waals surface area contributed by atoms with Crippen LogP contribution in [0.15, 0.2) is 48.8 Å². The molecule has 0 unspecified atom stereocenters. The highest BCUT2D eigenvalue weighted by atomic mass is 31.2. The lowest BCUT2D eigenvalue weighted by molar-refractivity contribution is -0.259. The van der Waals surface area contributed by atoms with Gasteiger partial charge in [-0.05, 0) is 35.9 Å². The molecule has 2 atom stereocenters. The summed E-state index contributed by atoms with van der Waals surface area (Å²) in [6.07, 6.45) is -11.1. The highest BCUT2D eigenvalue weighted by Gasteiger charge is 2.46. The molecule has 0 radical (unpaired) electrons. The fourth-order valence-corrected chi connectivity index (χ4v) is 4.59. The molecule has 0 bridgehead atoms.